The summed E-state index contributed by atoms with van der Waals surface area (Å²) in [6, 6.07) is 53.2. The number of nitrogens with zero attached hydrogens (tertiary/aromatic N) is 3. The van der Waals surface area contributed by atoms with Crippen LogP contribution in [-0.2, 0) is 0 Å². The molecule has 0 spiro atoms. The fraction of sp³-hybridized carbons (Fsp3) is 0. The third-order valence-corrected chi connectivity index (χ3v) is 10.0. The molecule has 226 valence electrons. The Kier molecular flexibility index (Phi) is 5.35. The van der Waals surface area contributed by atoms with Gasteiger partial charge in [-0.3, -0.25) is 0 Å². The van der Waals surface area contributed by atoms with E-state index in [1.807, 2.05) is 30.3 Å². The first-order chi connectivity index (χ1) is 24.3. The molecule has 4 heteroatoms. The van der Waals surface area contributed by atoms with E-state index in [1.165, 1.54) is 43.8 Å². The molecule has 0 bridgehead atoms. The average Bonchev–Trinajstić information content (AvgIpc) is 3.72. The second-order valence-electron chi connectivity index (χ2n) is 12.8. The van der Waals surface area contributed by atoms with Gasteiger partial charge in [0, 0.05) is 32.8 Å². The lowest BCUT2D eigenvalue weighted by Gasteiger charge is -2.11. The summed E-state index contributed by atoms with van der Waals surface area (Å²) in [7, 11) is 0. The maximum absolute atomic E-state index is 6.71. The van der Waals surface area contributed by atoms with E-state index in [4.69, 9.17) is 19.4 Å². The Bertz CT molecular complexity index is 3000. The molecule has 10 aromatic rings. The van der Waals surface area contributed by atoms with Gasteiger partial charge < -0.3 is 4.42 Å². The number of rotatable bonds is 3. The van der Waals surface area contributed by atoms with Gasteiger partial charge in [-0.15, -0.1) is 0 Å². The van der Waals surface area contributed by atoms with Crippen molar-refractivity contribution in [1.82, 2.24) is 15.0 Å². The van der Waals surface area contributed by atoms with Gasteiger partial charge in [-0.2, -0.15) is 0 Å². The molecule has 2 aromatic heterocycles. The van der Waals surface area contributed by atoms with Gasteiger partial charge in [-0.05, 0) is 73.5 Å². The molecule has 1 aliphatic rings. The van der Waals surface area contributed by atoms with E-state index < -0.39 is 0 Å². The van der Waals surface area contributed by atoms with Crippen molar-refractivity contribution in [2.75, 3.05) is 0 Å². The van der Waals surface area contributed by atoms with Crippen molar-refractivity contribution in [3.05, 3.63) is 152 Å². The number of hydrogen-bond acceptors (Lipinski definition) is 4. The highest BCUT2D eigenvalue weighted by atomic mass is 16.3. The standard InChI is InChI=1S/C45H25N3O/c1-2-11-28(12-3-1)43-46-44(30-24-29-13-8-17-34-32-15-6-7-16-33(32)37(25-30)39(29)34)48-45(47-43)36-18-9-19-38-41(36)35-23-22-27-21-20-26-10-4-5-14-31(26)40(27)42(35)49-38/h1-25H. The predicted molar refractivity (Wildman–Crippen MR) is 200 cm³/mol. The zero-order valence-electron chi connectivity index (χ0n) is 26.2. The Labute approximate surface area is 281 Å². The molecule has 0 amide bonds. The topological polar surface area (TPSA) is 51.8 Å². The number of furan rings is 1. The fourth-order valence-corrected chi connectivity index (χ4v) is 7.85. The zero-order valence-corrected chi connectivity index (χ0v) is 26.2. The summed E-state index contributed by atoms with van der Waals surface area (Å²) in [5.74, 6) is 1.88. The maximum Gasteiger partial charge on any atom is 0.164 e. The van der Waals surface area contributed by atoms with Crippen molar-refractivity contribution >= 4 is 54.3 Å². The molecule has 0 saturated carbocycles. The summed E-state index contributed by atoms with van der Waals surface area (Å²) in [4.78, 5) is 15.5. The molecule has 0 fully saturated rings. The van der Waals surface area contributed by atoms with E-state index in [-0.39, 0.29) is 0 Å². The first-order valence-electron chi connectivity index (χ1n) is 16.5. The van der Waals surface area contributed by atoms with E-state index >= 15 is 0 Å². The molecular formula is C45H25N3O. The van der Waals surface area contributed by atoms with Gasteiger partial charge in [-0.25, -0.2) is 15.0 Å². The quantitative estimate of drug-likeness (QED) is 0.184. The Hall–Kier alpha value is -6.65. The van der Waals surface area contributed by atoms with Crippen LogP contribution in [0.5, 0.6) is 0 Å². The minimum absolute atomic E-state index is 0.612. The van der Waals surface area contributed by atoms with Crippen molar-refractivity contribution < 1.29 is 4.42 Å². The van der Waals surface area contributed by atoms with Crippen molar-refractivity contribution in [2.24, 2.45) is 0 Å². The summed E-state index contributed by atoms with van der Waals surface area (Å²) in [6.07, 6.45) is 0. The average molecular weight is 624 g/mol. The Morgan fingerprint density at radius 2 is 1.00 bits per heavy atom. The molecule has 8 aromatic carbocycles. The summed E-state index contributed by atoms with van der Waals surface area (Å²) < 4.78 is 6.71. The van der Waals surface area contributed by atoms with Gasteiger partial charge in [0.05, 0.1) is 0 Å². The Morgan fingerprint density at radius 3 is 1.90 bits per heavy atom. The molecule has 0 unspecified atom stereocenters. The minimum Gasteiger partial charge on any atom is -0.455 e. The lowest BCUT2D eigenvalue weighted by atomic mass is 9.98. The highest BCUT2D eigenvalue weighted by Gasteiger charge is 2.24. The van der Waals surface area contributed by atoms with Gasteiger partial charge in [-0.1, -0.05) is 127 Å². The number of aromatic nitrogens is 3. The van der Waals surface area contributed by atoms with Crippen molar-refractivity contribution in [2.45, 2.75) is 0 Å². The van der Waals surface area contributed by atoms with Crippen LogP contribution < -0.4 is 0 Å². The van der Waals surface area contributed by atoms with Gasteiger partial charge >= 0.3 is 0 Å². The molecule has 0 N–H and O–H groups in total. The number of hydrogen-bond donors (Lipinski definition) is 0. The third kappa shape index (κ3) is 3.83. The number of fused-ring (bicyclic) bond motifs is 10. The van der Waals surface area contributed by atoms with Gasteiger partial charge in [0.25, 0.3) is 0 Å². The first kappa shape index (κ1) is 26.4. The summed E-state index contributed by atoms with van der Waals surface area (Å²) in [5.41, 5.74) is 9.47. The zero-order chi connectivity index (χ0) is 32.1. The Morgan fingerprint density at radius 1 is 0.347 bits per heavy atom. The largest absolute Gasteiger partial charge is 0.455 e. The lowest BCUT2D eigenvalue weighted by Crippen LogP contribution is -2.00. The second-order valence-corrected chi connectivity index (χ2v) is 12.8. The monoisotopic (exact) mass is 623 g/mol. The van der Waals surface area contributed by atoms with E-state index in [9.17, 15) is 0 Å². The molecular weight excluding hydrogens is 599 g/mol. The highest BCUT2D eigenvalue weighted by molar-refractivity contribution is 6.25. The van der Waals surface area contributed by atoms with Gasteiger partial charge in [0.15, 0.2) is 17.5 Å². The first-order valence-corrected chi connectivity index (χ1v) is 16.5. The predicted octanol–water partition coefficient (Wildman–Crippen LogP) is 11.9. The van der Waals surface area contributed by atoms with Crippen LogP contribution in [-0.4, -0.2) is 15.0 Å². The van der Waals surface area contributed by atoms with Crippen LogP contribution in [0.25, 0.3) is 111 Å². The number of benzene rings is 8. The van der Waals surface area contributed by atoms with Crippen LogP contribution in [0.4, 0.5) is 0 Å². The molecule has 49 heavy (non-hydrogen) atoms. The van der Waals surface area contributed by atoms with Gasteiger partial charge in [0.1, 0.15) is 11.2 Å². The van der Waals surface area contributed by atoms with Crippen molar-refractivity contribution in [1.29, 1.82) is 0 Å². The van der Waals surface area contributed by atoms with Crippen molar-refractivity contribution in [3.8, 4) is 56.4 Å². The maximum atomic E-state index is 6.71. The molecule has 1 aliphatic carbocycles. The normalized spacial score (nSPS) is 12.1. The van der Waals surface area contributed by atoms with Crippen LogP contribution >= 0.6 is 0 Å². The van der Waals surface area contributed by atoms with E-state index in [1.54, 1.807) is 0 Å². The Balaban J connectivity index is 1.19. The molecule has 0 atom stereocenters. The third-order valence-electron chi connectivity index (χ3n) is 10.0. The minimum atomic E-state index is 0.612. The van der Waals surface area contributed by atoms with E-state index in [2.05, 4.69) is 121 Å². The summed E-state index contributed by atoms with van der Waals surface area (Å²) >= 11 is 0. The molecule has 4 nitrogen and oxygen atoms in total. The fourth-order valence-electron chi connectivity index (χ4n) is 7.85. The van der Waals surface area contributed by atoms with E-state index in [0.717, 1.165) is 49.4 Å². The summed E-state index contributed by atoms with van der Waals surface area (Å²) in [5, 5.41) is 9.12. The second kappa shape index (κ2) is 9.93. The molecule has 0 radical (unpaired) electrons. The van der Waals surface area contributed by atoms with Gasteiger partial charge in [0.2, 0.25) is 0 Å². The molecule has 11 rings (SSSR count). The highest BCUT2D eigenvalue weighted by Crippen LogP contribution is 2.48. The lowest BCUT2D eigenvalue weighted by molar-refractivity contribution is 0.673. The molecule has 0 aliphatic heterocycles. The smallest absolute Gasteiger partial charge is 0.164 e. The van der Waals surface area contributed by atoms with Crippen LogP contribution in [0.1, 0.15) is 0 Å². The molecule has 0 saturated heterocycles. The molecule has 2 heterocycles. The van der Waals surface area contributed by atoms with E-state index in [0.29, 0.717) is 17.5 Å². The van der Waals surface area contributed by atoms with Crippen molar-refractivity contribution in [3.63, 3.8) is 0 Å². The van der Waals surface area contributed by atoms with Crippen LogP contribution in [0, 0.1) is 0 Å². The van der Waals surface area contributed by atoms with Crippen LogP contribution in [0.3, 0.4) is 0 Å². The van der Waals surface area contributed by atoms with Crippen LogP contribution in [0.2, 0.25) is 0 Å². The summed E-state index contributed by atoms with van der Waals surface area (Å²) in [6.45, 7) is 0. The SMILES string of the molecule is c1ccc(-c2nc(-c3cc4c5c(cccc5c3)-c3ccccc3-4)nc(-c3cccc4oc5c(ccc6ccc7ccccc7c65)c34)n2)cc1. The van der Waals surface area contributed by atoms with Crippen LogP contribution in [0.15, 0.2) is 156 Å².